The van der Waals surface area contributed by atoms with Crippen molar-refractivity contribution in [2.45, 2.75) is 39.7 Å². The fourth-order valence-corrected chi connectivity index (χ4v) is 2.18. The zero-order valence-corrected chi connectivity index (χ0v) is 11.0. The van der Waals surface area contributed by atoms with Crippen molar-refractivity contribution in [2.24, 2.45) is 7.05 Å². The monoisotopic (exact) mass is 232 g/mol. The molecular weight excluding hydrogens is 212 g/mol. The molecule has 0 radical (unpaired) electrons. The lowest BCUT2D eigenvalue weighted by molar-refractivity contribution is 0.690. The van der Waals surface area contributed by atoms with Crippen LogP contribution in [-0.4, -0.2) is 20.8 Å². The van der Waals surface area contributed by atoms with Crippen molar-refractivity contribution in [1.29, 1.82) is 0 Å². The lowest BCUT2D eigenvalue weighted by atomic mass is 10.2. The highest BCUT2D eigenvalue weighted by molar-refractivity contribution is 5.81. The van der Waals surface area contributed by atoms with Gasteiger partial charge < -0.3 is 5.32 Å². The zero-order valence-electron chi connectivity index (χ0n) is 11.0. The topological polar surface area (TPSA) is 42.7 Å². The van der Waals surface area contributed by atoms with Crippen molar-refractivity contribution in [3.05, 3.63) is 18.0 Å². The van der Waals surface area contributed by atoms with Gasteiger partial charge in [-0.2, -0.15) is 5.10 Å². The van der Waals surface area contributed by atoms with Crippen molar-refractivity contribution in [2.75, 3.05) is 5.32 Å². The van der Waals surface area contributed by atoms with E-state index in [2.05, 4.69) is 35.3 Å². The molecule has 1 unspecified atom stereocenters. The van der Waals surface area contributed by atoms with Crippen LogP contribution < -0.4 is 5.32 Å². The third kappa shape index (κ3) is 2.40. The van der Waals surface area contributed by atoms with E-state index in [1.165, 1.54) is 12.8 Å². The molecule has 1 atom stereocenters. The van der Waals surface area contributed by atoms with Gasteiger partial charge in [0.25, 0.3) is 0 Å². The fourth-order valence-electron chi connectivity index (χ4n) is 2.18. The van der Waals surface area contributed by atoms with Crippen LogP contribution in [0.25, 0.3) is 11.0 Å². The number of pyridine rings is 1. The number of nitrogens with zero attached hydrogens (tertiary/aromatic N) is 3. The van der Waals surface area contributed by atoms with Crippen LogP contribution >= 0.6 is 0 Å². The summed E-state index contributed by atoms with van der Waals surface area (Å²) >= 11 is 0. The Morgan fingerprint density at radius 2 is 2.24 bits per heavy atom. The molecular formula is C13H20N4. The summed E-state index contributed by atoms with van der Waals surface area (Å²) in [4.78, 5) is 4.45. The van der Waals surface area contributed by atoms with Gasteiger partial charge in [0, 0.05) is 18.5 Å². The predicted molar refractivity (Wildman–Crippen MR) is 71.2 cm³/mol. The smallest absolute Gasteiger partial charge is 0.157 e. The van der Waals surface area contributed by atoms with Gasteiger partial charge in [0.2, 0.25) is 0 Å². The zero-order chi connectivity index (χ0) is 12.4. The molecule has 2 heterocycles. The summed E-state index contributed by atoms with van der Waals surface area (Å²) in [7, 11) is 1.93. The molecule has 2 aromatic rings. The minimum absolute atomic E-state index is 0.483. The fraction of sp³-hybridized carbons (Fsp3) is 0.538. The molecule has 4 heteroatoms. The Morgan fingerprint density at radius 3 is 2.94 bits per heavy atom. The van der Waals surface area contributed by atoms with E-state index < -0.39 is 0 Å². The van der Waals surface area contributed by atoms with E-state index in [0.29, 0.717) is 6.04 Å². The van der Waals surface area contributed by atoms with Crippen LogP contribution in [-0.2, 0) is 7.05 Å². The van der Waals surface area contributed by atoms with Crippen LogP contribution in [0.1, 0.15) is 32.4 Å². The molecule has 92 valence electrons. The molecule has 0 aliphatic carbocycles. The molecule has 0 amide bonds. The minimum atomic E-state index is 0.483. The van der Waals surface area contributed by atoms with Crippen molar-refractivity contribution < 1.29 is 0 Å². The van der Waals surface area contributed by atoms with Crippen LogP contribution in [0.2, 0.25) is 0 Å². The van der Waals surface area contributed by atoms with Gasteiger partial charge in [0.15, 0.2) is 5.65 Å². The van der Waals surface area contributed by atoms with Gasteiger partial charge in [-0.15, -0.1) is 0 Å². The maximum atomic E-state index is 4.45. The number of hydrogen-bond donors (Lipinski definition) is 1. The summed E-state index contributed by atoms with van der Waals surface area (Å²) in [6, 6.07) is 2.62. The van der Waals surface area contributed by atoms with Gasteiger partial charge >= 0.3 is 0 Å². The Hall–Kier alpha value is -1.58. The molecule has 0 aliphatic heterocycles. The van der Waals surface area contributed by atoms with Crippen molar-refractivity contribution in [3.8, 4) is 0 Å². The summed E-state index contributed by atoms with van der Waals surface area (Å²) in [6.07, 6.45) is 4.25. The number of hydrogen-bond acceptors (Lipinski definition) is 3. The third-order valence-corrected chi connectivity index (χ3v) is 3.00. The normalized spacial score (nSPS) is 12.9. The first-order valence-electron chi connectivity index (χ1n) is 6.17. The number of nitrogens with one attached hydrogen (secondary N) is 1. The first-order valence-corrected chi connectivity index (χ1v) is 6.17. The van der Waals surface area contributed by atoms with E-state index in [1.807, 2.05) is 24.9 Å². The van der Waals surface area contributed by atoms with E-state index >= 15 is 0 Å². The second-order valence-corrected chi connectivity index (χ2v) is 4.64. The second-order valence-electron chi connectivity index (χ2n) is 4.64. The largest absolute Gasteiger partial charge is 0.381 e. The Bertz CT molecular complexity index is 515. The first kappa shape index (κ1) is 11.9. The molecule has 0 saturated heterocycles. The Kier molecular flexibility index (Phi) is 3.31. The molecule has 0 aromatic carbocycles. The predicted octanol–water partition coefficient (Wildman–Crippen LogP) is 2.88. The van der Waals surface area contributed by atoms with Crippen molar-refractivity contribution in [1.82, 2.24) is 14.8 Å². The lowest BCUT2D eigenvalue weighted by Gasteiger charge is -2.13. The summed E-state index contributed by atoms with van der Waals surface area (Å²) in [6.45, 7) is 6.41. The number of fused-ring (bicyclic) bond motifs is 1. The summed E-state index contributed by atoms with van der Waals surface area (Å²) in [5.41, 5.74) is 3.05. The number of rotatable bonds is 4. The van der Waals surface area contributed by atoms with Gasteiger partial charge in [-0.1, -0.05) is 13.3 Å². The molecule has 1 N–H and O–H groups in total. The summed E-state index contributed by atoms with van der Waals surface area (Å²) < 4.78 is 1.82. The standard InChI is InChI=1S/C13H20N4/c1-5-6-9(2)15-11-7-12-10(3)16-17(4)13(12)14-8-11/h7-9,15H,5-6H2,1-4H3. The summed E-state index contributed by atoms with van der Waals surface area (Å²) in [5.74, 6) is 0. The van der Waals surface area contributed by atoms with Crippen molar-refractivity contribution in [3.63, 3.8) is 0 Å². The molecule has 2 aromatic heterocycles. The van der Waals surface area contributed by atoms with E-state index in [9.17, 15) is 0 Å². The molecule has 2 rings (SSSR count). The number of aryl methyl sites for hydroxylation is 2. The van der Waals surface area contributed by atoms with E-state index in [-0.39, 0.29) is 0 Å². The maximum Gasteiger partial charge on any atom is 0.157 e. The van der Waals surface area contributed by atoms with Gasteiger partial charge in [0.1, 0.15) is 0 Å². The molecule has 0 aliphatic rings. The average molecular weight is 232 g/mol. The quantitative estimate of drug-likeness (QED) is 0.881. The molecule has 0 saturated carbocycles. The van der Waals surface area contributed by atoms with Gasteiger partial charge in [0.05, 0.1) is 17.6 Å². The Labute approximate surface area is 102 Å². The van der Waals surface area contributed by atoms with Crippen LogP contribution in [0.4, 0.5) is 5.69 Å². The van der Waals surface area contributed by atoms with Gasteiger partial charge in [-0.3, -0.25) is 4.68 Å². The molecule has 0 spiro atoms. The van der Waals surface area contributed by atoms with Crippen LogP contribution in [0.5, 0.6) is 0 Å². The maximum absolute atomic E-state index is 4.45. The first-order chi connectivity index (χ1) is 8.11. The summed E-state index contributed by atoms with van der Waals surface area (Å²) in [5, 5.41) is 8.97. The highest BCUT2D eigenvalue weighted by atomic mass is 15.3. The van der Waals surface area contributed by atoms with E-state index in [4.69, 9.17) is 0 Å². The Morgan fingerprint density at radius 1 is 1.47 bits per heavy atom. The number of aromatic nitrogens is 3. The third-order valence-electron chi connectivity index (χ3n) is 3.00. The molecule has 0 fully saturated rings. The average Bonchev–Trinajstić information content (AvgIpc) is 2.55. The highest BCUT2D eigenvalue weighted by Crippen LogP contribution is 2.20. The minimum Gasteiger partial charge on any atom is -0.381 e. The lowest BCUT2D eigenvalue weighted by Crippen LogP contribution is -2.14. The van der Waals surface area contributed by atoms with Crippen LogP contribution in [0.15, 0.2) is 12.3 Å². The molecule has 4 nitrogen and oxygen atoms in total. The van der Waals surface area contributed by atoms with E-state index in [1.54, 1.807) is 0 Å². The van der Waals surface area contributed by atoms with E-state index in [0.717, 1.165) is 22.4 Å². The van der Waals surface area contributed by atoms with Crippen LogP contribution in [0, 0.1) is 6.92 Å². The van der Waals surface area contributed by atoms with Gasteiger partial charge in [-0.25, -0.2) is 4.98 Å². The number of anilines is 1. The highest BCUT2D eigenvalue weighted by Gasteiger charge is 2.08. The second kappa shape index (κ2) is 4.73. The van der Waals surface area contributed by atoms with Gasteiger partial charge in [-0.05, 0) is 26.3 Å². The molecule has 0 bridgehead atoms. The van der Waals surface area contributed by atoms with Crippen LogP contribution in [0.3, 0.4) is 0 Å². The SMILES string of the molecule is CCCC(C)Nc1cnc2c(c1)c(C)nn2C. The Balaban J connectivity index is 2.28. The van der Waals surface area contributed by atoms with Crippen molar-refractivity contribution >= 4 is 16.7 Å². The molecule has 17 heavy (non-hydrogen) atoms.